The van der Waals surface area contributed by atoms with Crippen molar-refractivity contribution in [2.45, 2.75) is 19.3 Å². The van der Waals surface area contributed by atoms with Gasteiger partial charge in [-0.15, -0.1) is 10.2 Å². The number of aryl methyl sites for hydroxylation is 1. The number of carboxylic acid groups (broad SMARTS) is 1. The van der Waals surface area contributed by atoms with Crippen LogP contribution in [0.5, 0.6) is 0 Å². The van der Waals surface area contributed by atoms with Gasteiger partial charge in [-0.1, -0.05) is 23.2 Å². The Balaban J connectivity index is 2.57. The Labute approximate surface area is 90.9 Å². The summed E-state index contributed by atoms with van der Waals surface area (Å²) in [5.41, 5.74) is 0.730. The Morgan fingerprint density at radius 3 is 2.79 bits per heavy atom. The molecular weight excluding hydrogens is 227 g/mol. The van der Waals surface area contributed by atoms with Crippen LogP contribution in [0.3, 0.4) is 0 Å². The lowest BCUT2D eigenvalue weighted by Gasteiger charge is -2.01. The molecule has 0 atom stereocenters. The van der Waals surface area contributed by atoms with Crippen molar-refractivity contribution < 1.29 is 9.90 Å². The minimum Gasteiger partial charge on any atom is -0.481 e. The van der Waals surface area contributed by atoms with Crippen molar-refractivity contribution in [1.29, 1.82) is 0 Å². The molecule has 14 heavy (non-hydrogen) atoms. The van der Waals surface area contributed by atoms with E-state index in [4.69, 9.17) is 28.3 Å². The monoisotopic (exact) mass is 234 g/mol. The highest BCUT2D eigenvalue weighted by Crippen LogP contribution is 2.17. The number of halogens is 2. The lowest BCUT2D eigenvalue weighted by Crippen LogP contribution is -1.97. The van der Waals surface area contributed by atoms with Crippen LogP contribution >= 0.6 is 23.2 Å². The van der Waals surface area contributed by atoms with Crippen molar-refractivity contribution in [3.05, 3.63) is 21.9 Å². The van der Waals surface area contributed by atoms with Crippen LogP contribution in [0.25, 0.3) is 0 Å². The Morgan fingerprint density at radius 1 is 1.43 bits per heavy atom. The molecule has 0 aromatic carbocycles. The molecule has 0 radical (unpaired) electrons. The van der Waals surface area contributed by atoms with Crippen LogP contribution in [0.4, 0.5) is 0 Å². The van der Waals surface area contributed by atoms with Crippen LogP contribution < -0.4 is 0 Å². The molecule has 0 bridgehead atoms. The van der Waals surface area contributed by atoms with Crippen LogP contribution in [0, 0.1) is 0 Å². The van der Waals surface area contributed by atoms with Gasteiger partial charge in [0.1, 0.15) is 0 Å². The lowest BCUT2D eigenvalue weighted by atomic mass is 10.1. The molecule has 0 unspecified atom stereocenters. The van der Waals surface area contributed by atoms with E-state index in [2.05, 4.69) is 10.2 Å². The van der Waals surface area contributed by atoms with Crippen molar-refractivity contribution in [3.8, 4) is 0 Å². The summed E-state index contributed by atoms with van der Waals surface area (Å²) in [6.45, 7) is 0. The van der Waals surface area contributed by atoms with E-state index in [1.807, 2.05) is 0 Å². The summed E-state index contributed by atoms with van der Waals surface area (Å²) in [6.07, 6.45) is 1.16. The molecule has 0 aliphatic carbocycles. The van der Waals surface area contributed by atoms with Gasteiger partial charge in [-0.05, 0) is 24.5 Å². The Morgan fingerprint density at radius 2 is 2.14 bits per heavy atom. The molecule has 4 nitrogen and oxygen atoms in total. The molecular formula is C8H8Cl2N2O2. The van der Waals surface area contributed by atoms with Crippen molar-refractivity contribution in [1.82, 2.24) is 10.2 Å². The third-order valence-electron chi connectivity index (χ3n) is 1.63. The van der Waals surface area contributed by atoms with Gasteiger partial charge in [0, 0.05) is 6.42 Å². The summed E-state index contributed by atoms with van der Waals surface area (Å²) in [6, 6.07) is 1.60. The van der Waals surface area contributed by atoms with Gasteiger partial charge in [0.15, 0.2) is 10.3 Å². The summed E-state index contributed by atoms with van der Waals surface area (Å²) in [5.74, 6) is -0.825. The maximum absolute atomic E-state index is 10.3. The van der Waals surface area contributed by atoms with Crippen LogP contribution in [0.1, 0.15) is 18.4 Å². The molecule has 0 aliphatic heterocycles. The van der Waals surface area contributed by atoms with E-state index in [0.717, 1.165) is 5.56 Å². The summed E-state index contributed by atoms with van der Waals surface area (Å²) in [5, 5.41) is 16.1. The number of aromatic nitrogens is 2. The molecule has 0 saturated carbocycles. The van der Waals surface area contributed by atoms with E-state index >= 15 is 0 Å². The van der Waals surface area contributed by atoms with Crippen molar-refractivity contribution in [2.24, 2.45) is 0 Å². The smallest absolute Gasteiger partial charge is 0.303 e. The Bertz CT molecular complexity index is 344. The Hall–Kier alpha value is -0.870. The first-order valence-corrected chi connectivity index (χ1v) is 4.74. The van der Waals surface area contributed by atoms with Crippen LogP contribution in [-0.4, -0.2) is 21.3 Å². The number of nitrogens with zero attached hydrogens (tertiary/aromatic N) is 2. The Kier molecular flexibility index (Phi) is 4.10. The fourth-order valence-electron chi connectivity index (χ4n) is 0.993. The zero-order chi connectivity index (χ0) is 10.6. The first kappa shape index (κ1) is 11.2. The number of rotatable bonds is 4. The van der Waals surface area contributed by atoms with Gasteiger partial charge in [-0.2, -0.15) is 0 Å². The number of hydrogen-bond donors (Lipinski definition) is 1. The number of carbonyl (C=O) groups is 1. The molecule has 0 aliphatic rings. The quantitative estimate of drug-likeness (QED) is 0.868. The zero-order valence-electron chi connectivity index (χ0n) is 7.20. The molecule has 0 fully saturated rings. The molecule has 1 N–H and O–H groups in total. The van der Waals surface area contributed by atoms with Crippen molar-refractivity contribution in [3.63, 3.8) is 0 Å². The summed E-state index contributed by atoms with van der Waals surface area (Å²) in [7, 11) is 0. The van der Waals surface area contributed by atoms with Gasteiger partial charge in [-0.25, -0.2) is 0 Å². The van der Waals surface area contributed by atoms with Gasteiger partial charge < -0.3 is 5.11 Å². The third-order valence-corrected chi connectivity index (χ3v) is 2.13. The number of carboxylic acids is 1. The maximum atomic E-state index is 10.3. The summed E-state index contributed by atoms with van der Waals surface area (Å²) < 4.78 is 0. The highest BCUT2D eigenvalue weighted by atomic mass is 35.5. The average Bonchev–Trinajstić information content (AvgIpc) is 2.10. The fraction of sp³-hybridized carbons (Fsp3) is 0.375. The zero-order valence-corrected chi connectivity index (χ0v) is 8.72. The van der Waals surface area contributed by atoms with E-state index in [1.54, 1.807) is 6.07 Å². The van der Waals surface area contributed by atoms with E-state index < -0.39 is 5.97 Å². The van der Waals surface area contributed by atoms with E-state index in [-0.39, 0.29) is 16.7 Å². The second-order valence-electron chi connectivity index (χ2n) is 2.73. The molecule has 1 aromatic rings. The van der Waals surface area contributed by atoms with Crippen LogP contribution in [-0.2, 0) is 11.2 Å². The van der Waals surface area contributed by atoms with Crippen LogP contribution in [0.15, 0.2) is 6.07 Å². The van der Waals surface area contributed by atoms with Crippen LogP contribution in [0.2, 0.25) is 10.3 Å². The molecule has 1 rings (SSSR count). The molecule has 1 heterocycles. The van der Waals surface area contributed by atoms with Gasteiger partial charge in [0.05, 0.1) is 0 Å². The normalized spacial score (nSPS) is 10.1. The third kappa shape index (κ3) is 3.47. The molecule has 0 spiro atoms. The fourth-order valence-corrected chi connectivity index (χ4v) is 1.35. The predicted molar refractivity (Wildman–Crippen MR) is 52.6 cm³/mol. The minimum atomic E-state index is -0.825. The number of aliphatic carboxylic acids is 1. The standard InChI is InChI=1S/C8H8Cl2N2O2/c9-6-4-5(8(10)12-11-6)2-1-3-7(13)14/h4H,1-3H2,(H,13,14). The first-order chi connectivity index (χ1) is 6.59. The predicted octanol–water partition coefficient (Wildman–Crippen LogP) is 2.19. The van der Waals surface area contributed by atoms with Gasteiger partial charge in [0.2, 0.25) is 0 Å². The summed E-state index contributed by atoms with van der Waals surface area (Å²) >= 11 is 11.3. The van der Waals surface area contributed by atoms with Gasteiger partial charge >= 0.3 is 5.97 Å². The molecule has 0 amide bonds. The number of hydrogen-bond acceptors (Lipinski definition) is 3. The first-order valence-electron chi connectivity index (χ1n) is 3.99. The lowest BCUT2D eigenvalue weighted by molar-refractivity contribution is -0.137. The minimum absolute atomic E-state index is 0.107. The maximum Gasteiger partial charge on any atom is 0.303 e. The second-order valence-corrected chi connectivity index (χ2v) is 3.48. The van der Waals surface area contributed by atoms with E-state index in [1.165, 1.54) is 0 Å². The molecule has 6 heteroatoms. The molecule has 1 aromatic heterocycles. The van der Waals surface area contributed by atoms with Crippen molar-refractivity contribution >= 4 is 29.2 Å². The summed E-state index contributed by atoms with van der Waals surface area (Å²) in [4.78, 5) is 10.3. The molecule has 0 saturated heterocycles. The SMILES string of the molecule is O=C(O)CCCc1cc(Cl)nnc1Cl. The van der Waals surface area contributed by atoms with E-state index in [0.29, 0.717) is 12.8 Å². The highest BCUT2D eigenvalue weighted by Gasteiger charge is 2.05. The topological polar surface area (TPSA) is 63.1 Å². The molecule has 76 valence electrons. The average molecular weight is 235 g/mol. The van der Waals surface area contributed by atoms with Crippen molar-refractivity contribution in [2.75, 3.05) is 0 Å². The largest absolute Gasteiger partial charge is 0.481 e. The van der Waals surface area contributed by atoms with Gasteiger partial charge in [-0.3, -0.25) is 4.79 Å². The highest BCUT2D eigenvalue weighted by molar-refractivity contribution is 6.31. The second kappa shape index (κ2) is 5.12. The van der Waals surface area contributed by atoms with E-state index in [9.17, 15) is 4.79 Å². The van der Waals surface area contributed by atoms with Gasteiger partial charge in [0.25, 0.3) is 0 Å².